The summed E-state index contributed by atoms with van der Waals surface area (Å²) in [5, 5.41) is 3.39. The van der Waals surface area contributed by atoms with Crippen molar-refractivity contribution < 1.29 is 9.47 Å². The highest BCUT2D eigenvalue weighted by molar-refractivity contribution is 5.43. The predicted octanol–water partition coefficient (Wildman–Crippen LogP) is 3.54. The first-order valence-electron chi connectivity index (χ1n) is 6.70. The van der Waals surface area contributed by atoms with Gasteiger partial charge in [0.15, 0.2) is 11.5 Å². The number of benzene rings is 1. The lowest BCUT2D eigenvalue weighted by atomic mass is 10.2. The Morgan fingerprint density at radius 3 is 2.63 bits per heavy atom. The van der Waals surface area contributed by atoms with E-state index in [4.69, 9.17) is 9.47 Å². The maximum absolute atomic E-state index is 5.77. The number of hydrogen-bond acceptors (Lipinski definition) is 3. The van der Waals surface area contributed by atoms with Crippen molar-refractivity contribution in [3.63, 3.8) is 0 Å². The predicted molar refractivity (Wildman–Crippen MR) is 79.9 cm³/mol. The zero-order chi connectivity index (χ0) is 14.3. The summed E-state index contributed by atoms with van der Waals surface area (Å²) in [5.41, 5.74) is 2.32. The molecule has 0 heterocycles. The Morgan fingerprint density at radius 2 is 2.05 bits per heavy atom. The average molecular weight is 263 g/mol. The van der Waals surface area contributed by atoms with Gasteiger partial charge >= 0.3 is 0 Å². The van der Waals surface area contributed by atoms with Gasteiger partial charge in [0.1, 0.15) is 0 Å². The zero-order valence-electron chi connectivity index (χ0n) is 12.5. The highest BCUT2D eigenvalue weighted by atomic mass is 16.5. The van der Waals surface area contributed by atoms with Crippen LogP contribution in [0.3, 0.4) is 0 Å². The van der Waals surface area contributed by atoms with E-state index < -0.39 is 0 Å². The Labute approximate surface area is 116 Å². The molecule has 3 heteroatoms. The topological polar surface area (TPSA) is 30.5 Å². The molecule has 1 N–H and O–H groups in total. The van der Waals surface area contributed by atoms with Crippen LogP contribution in [-0.2, 0) is 6.54 Å². The number of ether oxygens (including phenoxy) is 2. The number of methoxy groups -OCH3 is 1. The van der Waals surface area contributed by atoms with Gasteiger partial charge < -0.3 is 14.8 Å². The molecule has 0 saturated carbocycles. The summed E-state index contributed by atoms with van der Waals surface area (Å²) in [6, 6.07) is 6.51. The summed E-state index contributed by atoms with van der Waals surface area (Å²) < 4.78 is 11.1. The molecule has 0 aliphatic heterocycles. The maximum Gasteiger partial charge on any atom is 0.161 e. The van der Waals surface area contributed by atoms with Crippen molar-refractivity contribution in [1.82, 2.24) is 5.32 Å². The van der Waals surface area contributed by atoms with Crippen LogP contribution < -0.4 is 14.8 Å². The molecular formula is C16H25NO2. The highest BCUT2D eigenvalue weighted by Crippen LogP contribution is 2.28. The average Bonchev–Trinajstić information content (AvgIpc) is 2.36. The van der Waals surface area contributed by atoms with Crippen LogP contribution in [0.5, 0.6) is 11.5 Å². The van der Waals surface area contributed by atoms with E-state index >= 15 is 0 Å². The number of hydrogen-bond donors (Lipinski definition) is 1. The van der Waals surface area contributed by atoms with Crippen LogP contribution in [0.25, 0.3) is 0 Å². The summed E-state index contributed by atoms with van der Waals surface area (Å²) in [5.74, 6) is 1.57. The first-order valence-corrected chi connectivity index (χ1v) is 6.70. The van der Waals surface area contributed by atoms with Crippen molar-refractivity contribution in [2.75, 3.05) is 13.7 Å². The minimum Gasteiger partial charge on any atom is -0.493 e. The van der Waals surface area contributed by atoms with Crippen molar-refractivity contribution in [1.29, 1.82) is 0 Å². The van der Waals surface area contributed by atoms with Gasteiger partial charge in [0, 0.05) is 19.0 Å². The van der Waals surface area contributed by atoms with E-state index in [2.05, 4.69) is 31.8 Å². The summed E-state index contributed by atoms with van der Waals surface area (Å²) in [7, 11) is 1.66. The third kappa shape index (κ3) is 5.79. The molecule has 0 bridgehead atoms. The molecule has 1 rings (SSSR count). The van der Waals surface area contributed by atoms with Crippen LogP contribution in [-0.4, -0.2) is 19.8 Å². The van der Waals surface area contributed by atoms with Crippen LogP contribution >= 0.6 is 0 Å². The first kappa shape index (κ1) is 15.6. The van der Waals surface area contributed by atoms with Gasteiger partial charge in [0.05, 0.1) is 13.7 Å². The summed E-state index contributed by atoms with van der Waals surface area (Å²) in [6.45, 7) is 11.6. The zero-order valence-corrected chi connectivity index (χ0v) is 12.5. The summed E-state index contributed by atoms with van der Waals surface area (Å²) in [6.07, 6.45) is 0.859. The third-order valence-corrected chi connectivity index (χ3v) is 2.73. The van der Waals surface area contributed by atoms with E-state index in [0.717, 1.165) is 30.0 Å². The largest absolute Gasteiger partial charge is 0.493 e. The van der Waals surface area contributed by atoms with Crippen LogP contribution in [0.2, 0.25) is 0 Å². The second-order valence-corrected chi connectivity index (χ2v) is 5.08. The molecule has 0 aromatic heterocycles. The van der Waals surface area contributed by atoms with Crippen LogP contribution in [0, 0.1) is 0 Å². The lowest BCUT2D eigenvalue weighted by Gasteiger charge is -2.13. The maximum atomic E-state index is 5.77. The Balaban J connectivity index is 2.69. The minimum absolute atomic E-state index is 0.467. The monoisotopic (exact) mass is 263 g/mol. The fourth-order valence-electron chi connectivity index (χ4n) is 1.60. The Bertz CT molecular complexity index is 413. The normalized spacial score (nSPS) is 10.6. The van der Waals surface area contributed by atoms with Crippen molar-refractivity contribution in [3.8, 4) is 11.5 Å². The Hall–Kier alpha value is -1.48. The first-order chi connectivity index (χ1) is 9.02. The fourth-order valence-corrected chi connectivity index (χ4v) is 1.60. The van der Waals surface area contributed by atoms with Gasteiger partial charge in [0.2, 0.25) is 0 Å². The minimum atomic E-state index is 0.467. The van der Waals surface area contributed by atoms with Gasteiger partial charge in [-0.1, -0.05) is 25.5 Å². The number of nitrogens with one attached hydrogen (secondary N) is 1. The summed E-state index contributed by atoms with van der Waals surface area (Å²) >= 11 is 0. The third-order valence-electron chi connectivity index (χ3n) is 2.73. The fraction of sp³-hybridized carbons (Fsp3) is 0.500. The van der Waals surface area contributed by atoms with Gasteiger partial charge in [-0.3, -0.25) is 0 Å². The SMILES string of the molecule is C=C(C)CCOc1cc(CNC(C)C)ccc1OC. The Kier molecular flexibility index (Phi) is 6.43. The second kappa shape index (κ2) is 7.85. The van der Waals surface area contributed by atoms with E-state index in [1.807, 2.05) is 19.1 Å². The van der Waals surface area contributed by atoms with Gasteiger partial charge in [0.25, 0.3) is 0 Å². The standard InChI is InChI=1S/C16H25NO2/c1-12(2)8-9-19-16-10-14(11-17-13(3)4)6-7-15(16)18-5/h6-7,10,13,17H,1,8-9,11H2,2-5H3. The van der Waals surface area contributed by atoms with Crippen LogP contribution in [0.1, 0.15) is 32.8 Å². The molecule has 0 aliphatic carbocycles. The second-order valence-electron chi connectivity index (χ2n) is 5.08. The van der Waals surface area contributed by atoms with Crippen molar-refractivity contribution >= 4 is 0 Å². The van der Waals surface area contributed by atoms with E-state index in [0.29, 0.717) is 12.6 Å². The molecule has 0 amide bonds. The van der Waals surface area contributed by atoms with Crippen molar-refractivity contribution in [3.05, 3.63) is 35.9 Å². The van der Waals surface area contributed by atoms with Crippen molar-refractivity contribution in [2.45, 2.75) is 39.8 Å². The van der Waals surface area contributed by atoms with E-state index in [1.54, 1.807) is 7.11 Å². The number of rotatable bonds is 8. The van der Waals surface area contributed by atoms with Gasteiger partial charge in [-0.2, -0.15) is 0 Å². The van der Waals surface area contributed by atoms with E-state index in [9.17, 15) is 0 Å². The molecule has 0 spiro atoms. The molecule has 0 saturated heterocycles. The molecule has 1 aromatic carbocycles. The van der Waals surface area contributed by atoms with E-state index in [-0.39, 0.29) is 0 Å². The molecule has 106 valence electrons. The molecule has 0 aliphatic rings. The van der Waals surface area contributed by atoms with Crippen LogP contribution in [0.15, 0.2) is 30.4 Å². The lowest BCUT2D eigenvalue weighted by molar-refractivity contribution is 0.297. The van der Waals surface area contributed by atoms with Gasteiger partial charge in [-0.25, -0.2) is 0 Å². The van der Waals surface area contributed by atoms with E-state index in [1.165, 1.54) is 5.56 Å². The molecule has 1 aromatic rings. The highest BCUT2D eigenvalue weighted by Gasteiger charge is 2.06. The van der Waals surface area contributed by atoms with Gasteiger partial charge in [-0.15, -0.1) is 6.58 Å². The molecular weight excluding hydrogens is 238 g/mol. The molecule has 0 atom stereocenters. The summed E-state index contributed by atoms with van der Waals surface area (Å²) in [4.78, 5) is 0. The van der Waals surface area contributed by atoms with Crippen LogP contribution in [0.4, 0.5) is 0 Å². The molecule has 0 fully saturated rings. The smallest absolute Gasteiger partial charge is 0.161 e. The molecule has 0 unspecified atom stereocenters. The Morgan fingerprint density at radius 1 is 1.32 bits per heavy atom. The molecule has 3 nitrogen and oxygen atoms in total. The van der Waals surface area contributed by atoms with Gasteiger partial charge in [-0.05, 0) is 24.6 Å². The molecule has 0 radical (unpaired) electrons. The lowest BCUT2D eigenvalue weighted by Crippen LogP contribution is -2.21. The quantitative estimate of drug-likeness (QED) is 0.728. The van der Waals surface area contributed by atoms with Crippen molar-refractivity contribution in [2.24, 2.45) is 0 Å². The molecule has 19 heavy (non-hydrogen) atoms.